The summed E-state index contributed by atoms with van der Waals surface area (Å²) in [5, 5.41) is 0. The third-order valence-electron chi connectivity index (χ3n) is 5.76. The van der Waals surface area contributed by atoms with Gasteiger partial charge in [0.15, 0.2) is 17.6 Å². The first-order valence-electron chi connectivity index (χ1n) is 10.5. The highest BCUT2D eigenvalue weighted by Gasteiger charge is 2.32. The number of likely N-dealkylation sites (N-methyl/N-ethyl adjacent to an activating group) is 1. The van der Waals surface area contributed by atoms with Crippen molar-refractivity contribution in [1.29, 1.82) is 0 Å². The largest absolute Gasteiger partial charge is 0.493 e. The number of likely N-dealkylation sites (tertiary alicyclic amines) is 1. The number of aromatic nitrogens is 1. The van der Waals surface area contributed by atoms with Crippen LogP contribution >= 0.6 is 11.8 Å². The molecule has 1 amide bonds. The molecule has 0 spiro atoms. The molecule has 1 unspecified atom stereocenters. The van der Waals surface area contributed by atoms with Crippen LogP contribution in [0.4, 0.5) is 0 Å². The summed E-state index contributed by atoms with van der Waals surface area (Å²) in [6.45, 7) is 3.49. The average Bonchev–Trinajstić information content (AvgIpc) is 3.12. The van der Waals surface area contributed by atoms with Gasteiger partial charge >= 0.3 is 0 Å². The zero-order valence-corrected chi connectivity index (χ0v) is 19.1. The maximum absolute atomic E-state index is 12.5. The lowest BCUT2D eigenvalue weighted by Gasteiger charge is -2.28. The zero-order valence-electron chi connectivity index (χ0n) is 18.3. The Balaban J connectivity index is 1.75. The van der Waals surface area contributed by atoms with Crippen molar-refractivity contribution in [3.8, 4) is 28.5 Å². The van der Waals surface area contributed by atoms with Gasteiger partial charge in [0, 0.05) is 68.5 Å². The second-order valence-corrected chi connectivity index (χ2v) is 9.00. The minimum atomic E-state index is -0.478. The van der Waals surface area contributed by atoms with Crippen molar-refractivity contribution in [3.05, 3.63) is 36.0 Å². The van der Waals surface area contributed by atoms with Gasteiger partial charge in [0.2, 0.25) is 5.88 Å². The van der Waals surface area contributed by atoms with Crippen LogP contribution in [-0.2, 0) is 11.3 Å². The number of rotatable bonds is 7. The Hall–Kier alpha value is -2.45. The molecule has 3 heterocycles. The molecule has 31 heavy (non-hydrogen) atoms. The Morgan fingerprint density at radius 3 is 2.65 bits per heavy atom. The molecule has 1 atom stereocenters. The van der Waals surface area contributed by atoms with Gasteiger partial charge in [0.05, 0.1) is 14.2 Å². The maximum atomic E-state index is 12.5. The fourth-order valence-corrected chi connectivity index (χ4v) is 5.01. The van der Waals surface area contributed by atoms with Gasteiger partial charge in [-0.15, -0.1) is 0 Å². The number of carbonyl (C=O) groups excluding carboxylic acids is 1. The van der Waals surface area contributed by atoms with Crippen molar-refractivity contribution in [1.82, 2.24) is 14.8 Å². The number of carbonyl (C=O) groups is 1. The van der Waals surface area contributed by atoms with E-state index in [0.717, 1.165) is 47.8 Å². The van der Waals surface area contributed by atoms with Crippen LogP contribution in [0.3, 0.4) is 0 Å². The van der Waals surface area contributed by atoms with Crippen molar-refractivity contribution >= 4 is 17.7 Å². The Labute approximate surface area is 187 Å². The second-order valence-electron chi connectivity index (χ2n) is 7.77. The van der Waals surface area contributed by atoms with Crippen LogP contribution in [-0.4, -0.2) is 79.2 Å². The van der Waals surface area contributed by atoms with Gasteiger partial charge in [-0.25, -0.2) is 4.98 Å². The molecule has 0 radical (unpaired) electrons. The van der Waals surface area contributed by atoms with Crippen LogP contribution in [0.5, 0.6) is 17.4 Å². The van der Waals surface area contributed by atoms with E-state index in [1.807, 2.05) is 37.0 Å². The SMILES string of the molecule is COc1cc(-c2cccnc2OC)cc(CN2CCSCC2)c1OC1CCN(C)C1=O. The molecule has 0 N–H and O–H groups in total. The lowest BCUT2D eigenvalue weighted by molar-refractivity contribution is -0.132. The van der Waals surface area contributed by atoms with E-state index in [0.29, 0.717) is 30.3 Å². The van der Waals surface area contributed by atoms with E-state index in [1.54, 1.807) is 25.3 Å². The Morgan fingerprint density at radius 1 is 1.16 bits per heavy atom. The summed E-state index contributed by atoms with van der Waals surface area (Å²) in [5.41, 5.74) is 2.85. The highest BCUT2D eigenvalue weighted by molar-refractivity contribution is 7.99. The van der Waals surface area contributed by atoms with Gasteiger partial charge in [-0.2, -0.15) is 11.8 Å². The minimum Gasteiger partial charge on any atom is -0.493 e. The second kappa shape index (κ2) is 9.78. The van der Waals surface area contributed by atoms with Crippen molar-refractivity contribution < 1.29 is 19.0 Å². The molecule has 0 bridgehead atoms. The average molecular weight is 444 g/mol. The van der Waals surface area contributed by atoms with E-state index in [-0.39, 0.29) is 5.91 Å². The number of hydrogen-bond acceptors (Lipinski definition) is 7. The zero-order chi connectivity index (χ0) is 21.8. The number of methoxy groups -OCH3 is 2. The van der Waals surface area contributed by atoms with Crippen LogP contribution < -0.4 is 14.2 Å². The molecule has 0 saturated carbocycles. The molecular weight excluding hydrogens is 414 g/mol. The first-order valence-corrected chi connectivity index (χ1v) is 11.7. The number of ether oxygens (including phenoxy) is 3. The summed E-state index contributed by atoms with van der Waals surface area (Å²) in [4.78, 5) is 21.0. The highest BCUT2D eigenvalue weighted by atomic mass is 32.2. The van der Waals surface area contributed by atoms with Crippen molar-refractivity contribution in [3.63, 3.8) is 0 Å². The Bertz CT molecular complexity index is 933. The minimum absolute atomic E-state index is 0.0142. The molecule has 2 fully saturated rings. The number of thioether (sulfide) groups is 1. The molecule has 2 saturated heterocycles. The summed E-state index contributed by atoms with van der Waals surface area (Å²) in [7, 11) is 5.07. The number of nitrogens with zero attached hydrogens (tertiary/aromatic N) is 3. The predicted octanol–water partition coefficient (Wildman–Crippen LogP) is 2.92. The van der Waals surface area contributed by atoms with Gasteiger partial charge < -0.3 is 19.1 Å². The van der Waals surface area contributed by atoms with Crippen molar-refractivity contribution in [2.75, 3.05) is 52.4 Å². The molecule has 1 aromatic heterocycles. The van der Waals surface area contributed by atoms with E-state index < -0.39 is 6.10 Å². The molecular formula is C23H29N3O4S. The Kier molecular flexibility index (Phi) is 6.87. The first kappa shape index (κ1) is 21.8. The van der Waals surface area contributed by atoms with E-state index in [2.05, 4.69) is 16.0 Å². The third-order valence-corrected chi connectivity index (χ3v) is 6.71. The fourth-order valence-electron chi connectivity index (χ4n) is 4.03. The topological polar surface area (TPSA) is 64.1 Å². The molecule has 166 valence electrons. The van der Waals surface area contributed by atoms with Crippen LogP contribution in [0.2, 0.25) is 0 Å². The van der Waals surface area contributed by atoms with Gasteiger partial charge in [0.25, 0.3) is 5.91 Å². The molecule has 4 rings (SSSR count). The van der Waals surface area contributed by atoms with E-state index in [4.69, 9.17) is 14.2 Å². The van der Waals surface area contributed by atoms with Crippen LogP contribution in [0.1, 0.15) is 12.0 Å². The molecule has 8 heteroatoms. The van der Waals surface area contributed by atoms with Crippen LogP contribution in [0.25, 0.3) is 11.1 Å². The highest BCUT2D eigenvalue weighted by Crippen LogP contribution is 2.40. The number of hydrogen-bond donors (Lipinski definition) is 0. The van der Waals surface area contributed by atoms with Gasteiger partial charge in [-0.05, 0) is 29.8 Å². The van der Waals surface area contributed by atoms with Gasteiger partial charge in [-0.1, -0.05) is 0 Å². The first-order chi connectivity index (χ1) is 15.1. The number of benzene rings is 1. The number of pyridine rings is 1. The van der Waals surface area contributed by atoms with Crippen LogP contribution in [0, 0.1) is 0 Å². The molecule has 0 aliphatic carbocycles. The summed E-state index contributed by atoms with van der Waals surface area (Å²) in [6.07, 6.45) is 1.91. The standard InChI is InChI=1S/C23H29N3O4S/c1-25-8-6-19(23(25)27)30-21-17(15-26-9-11-31-12-10-26)13-16(14-20(21)28-2)18-5-4-7-24-22(18)29-3/h4-5,7,13-14,19H,6,8-12,15H2,1-3H3. The van der Waals surface area contributed by atoms with Crippen molar-refractivity contribution in [2.24, 2.45) is 0 Å². The summed E-state index contributed by atoms with van der Waals surface area (Å²) < 4.78 is 17.5. The van der Waals surface area contributed by atoms with Crippen molar-refractivity contribution in [2.45, 2.75) is 19.1 Å². The van der Waals surface area contributed by atoms with E-state index in [1.165, 1.54) is 0 Å². The normalized spacial score (nSPS) is 19.5. The van der Waals surface area contributed by atoms with E-state index >= 15 is 0 Å². The summed E-state index contributed by atoms with van der Waals surface area (Å²) >= 11 is 1.98. The smallest absolute Gasteiger partial charge is 0.263 e. The molecule has 2 aromatic rings. The monoisotopic (exact) mass is 443 g/mol. The van der Waals surface area contributed by atoms with E-state index in [9.17, 15) is 4.79 Å². The summed E-state index contributed by atoms with van der Waals surface area (Å²) in [5.74, 6) is 4.09. The van der Waals surface area contributed by atoms with Crippen LogP contribution in [0.15, 0.2) is 30.5 Å². The Morgan fingerprint density at radius 2 is 1.97 bits per heavy atom. The third kappa shape index (κ3) is 4.75. The molecule has 2 aliphatic heterocycles. The number of amides is 1. The van der Waals surface area contributed by atoms with Gasteiger partial charge in [0.1, 0.15) is 0 Å². The maximum Gasteiger partial charge on any atom is 0.263 e. The van der Waals surface area contributed by atoms with Gasteiger partial charge in [-0.3, -0.25) is 9.69 Å². The summed E-state index contributed by atoms with van der Waals surface area (Å²) in [6, 6.07) is 7.93. The molecule has 7 nitrogen and oxygen atoms in total. The molecule has 1 aromatic carbocycles. The lowest BCUT2D eigenvalue weighted by atomic mass is 10.0. The molecule has 2 aliphatic rings. The quantitative estimate of drug-likeness (QED) is 0.652. The fraction of sp³-hybridized carbons (Fsp3) is 0.478. The predicted molar refractivity (Wildman–Crippen MR) is 122 cm³/mol. The lowest BCUT2D eigenvalue weighted by Crippen LogP contribution is -2.33.